The first kappa shape index (κ1) is 27.8. The Hall–Kier alpha value is -4.39. The number of nitrogens with zero attached hydrogens (tertiary/aromatic N) is 2. The van der Waals surface area contributed by atoms with Crippen LogP contribution in [-0.4, -0.2) is 51.8 Å². The molecular formula is C35H38N4O3. The van der Waals surface area contributed by atoms with Crippen molar-refractivity contribution in [3.05, 3.63) is 107 Å². The molecule has 7 heteroatoms. The van der Waals surface area contributed by atoms with E-state index in [0.717, 1.165) is 22.2 Å². The van der Waals surface area contributed by atoms with E-state index >= 15 is 0 Å². The number of aromatic nitrogens is 1. The van der Waals surface area contributed by atoms with Crippen LogP contribution in [0.25, 0.3) is 10.9 Å². The van der Waals surface area contributed by atoms with Crippen LogP contribution in [0.4, 0.5) is 4.79 Å². The number of carbonyl (C=O) groups is 3. The topological polar surface area (TPSA) is 85.5 Å². The van der Waals surface area contributed by atoms with Crippen LogP contribution in [0.2, 0.25) is 0 Å². The first-order valence-corrected chi connectivity index (χ1v) is 14.9. The van der Waals surface area contributed by atoms with Gasteiger partial charge in [0.05, 0.1) is 5.69 Å². The molecule has 0 unspecified atom stereocenters. The van der Waals surface area contributed by atoms with Gasteiger partial charge in [-0.05, 0) is 54.9 Å². The lowest BCUT2D eigenvalue weighted by Gasteiger charge is -2.36. The standard InChI is InChI=1S/C35H38N4O3/c1-23(2)22-30(32(40)36-20-18-26(24-12-6-4-7-13-24)25-14-8-5-9-15-25)39-33(41)35(3)31-28(19-21-38(35)34(39)42)27-16-10-11-17-29(27)37-31/h4-17,23,26,30,37H,18-22H2,1-3H3,(H,36,40)/t30-,35+/m1/s1. The van der Waals surface area contributed by atoms with Gasteiger partial charge in [-0.1, -0.05) is 92.7 Å². The zero-order valence-electron chi connectivity index (χ0n) is 24.5. The Labute approximate surface area is 246 Å². The number of amides is 4. The van der Waals surface area contributed by atoms with Crippen molar-refractivity contribution < 1.29 is 14.4 Å². The molecule has 1 saturated heterocycles. The summed E-state index contributed by atoms with van der Waals surface area (Å²) in [5.41, 5.74) is 3.97. The summed E-state index contributed by atoms with van der Waals surface area (Å²) in [7, 11) is 0. The molecular weight excluding hydrogens is 524 g/mol. The van der Waals surface area contributed by atoms with E-state index in [1.54, 1.807) is 4.90 Å². The smallest absolute Gasteiger partial charge is 0.328 e. The monoisotopic (exact) mass is 562 g/mol. The summed E-state index contributed by atoms with van der Waals surface area (Å²) in [5, 5.41) is 4.18. The number of H-pyrrole nitrogens is 1. The summed E-state index contributed by atoms with van der Waals surface area (Å²) >= 11 is 0. The molecule has 216 valence electrons. The zero-order chi connectivity index (χ0) is 29.4. The highest BCUT2D eigenvalue weighted by atomic mass is 16.2. The fourth-order valence-corrected chi connectivity index (χ4v) is 6.82. The second-order valence-electron chi connectivity index (χ2n) is 12.1. The normalized spacial score (nSPS) is 19.0. The van der Waals surface area contributed by atoms with Gasteiger partial charge >= 0.3 is 6.03 Å². The van der Waals surface area contributed by atoms with Gasteiger partial charge in [0.25, 0.3) is 5.91 Å². The summed E-state index contributed by atoms with van der Waals surface area (Å²) in [5.74, 6) is -0.408. The lowest BCUT2D eigenvalue weighted by atomic mass is 9.86. The highest BCUT2D eigenvalue weighted by Crippen LogP contribution is 2.45. The third kappa shape index (κ3) is 4.67. The van der Waals surface area contributed by atoms with Gasteiger partial charge in [-0.3, -0.25) is 9.59 Å². The van der Waals surface area contributed by atoms with Crippen molar-refractivity contribution in [1.29, 1.82) is 0 Å². The van der Waals surface area contributed by atoms with E-state index in [4.69, 9.17) is 0 Å². The number of hydrogen-bond acceptors (Lipinski definition) is 3. The molecule has 7 nitrogen and oxygen atoms in total. The highest BCUT2D eigenvalue weighted by Gasteiger charge is 2.60. The number of benzene rings is 3. The highest BCUT2D eigenvalue weighted by molar-refractivity contribution is 6.11. The van der Waals surface area contributed by atoms with Gasteiger partial charge < -0.3 is 15.2 Å². The number of urea groups is 1. The molecule has 0 aliphatic carbocycles. The number of fused-ring (bicyclic) bond motifs is 5. The molecule has 2 atom stereocenters. The molecule has 0 radical (unpaired) electrons. The van der Waals surface area contributed by atoms with Crippen LogP contribution in [0.15, 0.2) is 84.9 Å². The Kier molecular flexibility index (Phi) is 7.35. The van der Waals surface area contributed by atoms with Gasteiger partial charge in [0.1, 0.15) is 6.04 Å². The van der Waals surface area contributed by atoms with Gasteiger partial charge in [-0.2, -0.15) is 0 Å². The summed E-state index contributed by atoms with van der Waals surface area (Å²) in [4.78, 5) is 48.3. The van der Waals surface area contributed by atoms with Gasteiger partial charge in [0, 0.05) is 29.9 Å². The number of carbonyl (C=O) groups excluding carboxylic acids is 3. The molecule has 3 aromatic carbocycles. The SMILES string of the molecule is CC(C)C[C@H](C(=O)NCCC(c1ccccc1)c1ccccc1)N1C(=O)N2CCc3c([nH]c4ccccc34)[C@@]2(C)C1=O. The second-order valence-corrected chi connectivity index (χ2v) is 12.1. The molecule has 3 heterocycles. The lowest BCUT2D eigenvalue weighted by Crippen LogP contribution is -2.51. The minimum atomic E-state index is -1.18. The molecule has 4 aromatic rings. The Morgan fingerprint density at radius 3 is 2.19 bits per heavy atom. The Morgan fingerprint density at radius 2 is 1.55 bits per heavy atom. The van der Waals surface area contributed by atoms with Gasteiger partial charge in [0.15, 0.2) is 5.54 Å². The maximum atomic E-state index is 14.3. The van der Waals surface area contributed by atoms with Crippen molar-refractivity contribution in [2.45, 2.75) is 57.5 Å². The molecule has 0 bridgehead atoms. The summed E-state index contributed by atoms with van der Waals surface area (Å²) in [6.07, 6.45) is 1.75. The molecule has 4 amide bonds. The van der Waals surface area contributed by atoms with E-state index in [1.165, 1.54) is 16.0 Å². The van der Waals surface area contributed by atoms with Crippen molar-refractivity contribution in [2.75, 3.05) is 13.1 Å². The minimum Gasteiger partial charge on any atom is -0.356 e. The molecule has 1 fully saturated rings. The summed E-state index contributed by atoms with van der Waals surface area (Å²) in [6, 6.07) is 27.3. The van der Waals surface area contributed by atoms with E-state index in [1.807, 2.05) is 75.4 Å². The van der Waals surface area contributed by atoms with Crippen molar-refractivity contribution >= 4 is 28.7 Å². The minimum absolute atomic E-state index is 0.108. The summed E-state index contributed by atoms with van der Waals surface area (Å²) < 4.78 is 0. The lowest BCUT2D eigenvalue weighted by molar-refractivity contribution is -0.140. The number of nitrogens with one attached hydrogen (secondary N) is 2. The molecule has 2 aliphatic rings. The van der Waals surface area contributed by atoms with Crippen molar-refractivity contribution in [3.8, 4) is 0 Å². The molecule has 0 spiro atoms. The van der Waals surface area contributed by atoms with Crippen LogP contribution in [0, 0.1) is 5.92 Å². The van der Waals surface area contributed by atoms with Gasteiger partial charge in [-0.25, -0.2) is 9.69 Å². The maximum absolute atomic E-state index is 14.3. The van der Waals surface area contributed by atoms with E-state index in [9.17, 15) is 14.4 Å². The quantitative estimate of drug-likeness (QED) is 0.247. The number of aromatic amines is 1. The molecule has 1 aromatic heterocycles. The van der Waals surface area contributed by atoms with Crippen LogP contribution >= 0.6 is 0 Å². The Morgan fingerprint density at radius 1 is 0.929 bits per heavy atom. The van der Waals surface area contributed by atoms with E-state index in [-0.39, 0.29) is 29.7 Å². The number of hydrogen-bond donors (Lipinski definition) is 2. The van der Waals surface area contributed by atoms with Gasteiger partial charge in [-0.15, -0.1) is 0 Å². The largest absolute Gasteiger partial charge is 0.356 e. The Bertz CT molecular complexity index is 1570. The third-order valence-electron chi connectivity index (χ3n) is 8.94. The predicted octanol–water partition coefficient (Wildman–Crippen LogP) is 5.96. The van der Waals surface area contributed by atoms with E-state index in [2.05, 4.69) is 40.6 Å². The molecule has 2 N–H and O–H groups in total. The number of rotatable bonds is 9. The number of para-hydroxylation sites is 1. The molecule has 0 saturated carbocycles. The van der Waals surface area contributed by atoms with Crippen molar-refractivity contribution in [1.82, 2.24) is 20.1 Å². The Balaban J connectivity index is 1.25. The molecule has 6 rings (SSSR count). The second kappa shape index (κ2) is 11.1. The fraction of sp³-hybridized carbons (Fsp3) is 0.343. The van der Waals surface area contributed by atoms with E-state index in [0.29, 0.717) is 32.4 Å². The van der Waals surface area contributed by atoms with Crippen molar-refractivity contribution in [3.63, 3.8) is 0 Å². The average Bonchev–Trinajstić information content (AvgIpc) is 3.48. The van der Waals surface area contributed by atoms with E-state index < -0.39 is 11.6 Å². The summed E-state index contributed by atoms with van der Waals surface area (Å²) in [6.45, 7) is 6.69. The predicted molar refractivity (Wildman–Crippen MR) is 164 cm³/mol. The van der Waals surface area contributed by atoms with Crippen LogP contribution in [0.1, 0.15) is 61.9 Å². The van der Waals surface area contributed by atoms with Crippen LogP contribution in [0.3, 0.4) is 0 Å². The van der Waals surface area contributed by atoms with Crippen LogP contribution < -0.4 is 5.32 Å². The first-order valence-electron chi connectivity index (χ1n) is 14.9. The molecule has 2 aliphatic heterocycles. The fourth-order valence-electron chi connectivity index (χ4n) is 6.82. The molecule has 42 heavy (non-hydrogen) atoms. The first-order chi connectivity index (χ1) is 20.3. The zero-order valence-corrected chi connectivity index (χ0v) is 24.5. The maximum Gasteiger partial charge on any atom is 0.328 e. The third-order valence-corrected chi connectivity index (χ3v) is 8.94. The number of imide groups is 1. The van der Waals surface area contributed by atoms with Gasteiger partial charge in [0.2, 0.25) is 5.91 Å². The van der Waals surface area contributed by atoms with Crippen molar-refractivity contribution in [2.24, 2.45) is 5.92 Å². The van der Waals surface area contributed by atoms with Crippen LogP contribution in [-0.2, 0) is 21.5 Å². The average molecular weight is 563 g/mol. The van der Waals surface area contributed by atoms with Crippen LogP contribution in [0.5, 0.6) is 0 Å².